The maximum Gasteiger partial charge on any atom is 0.411 e. The quantitative estimate of drug-likeness (QED) is 0.683. The first-order valence-corrected chi connectivity index (χ1v) is 7.62. The summed E-state index contributed by atoms with van der Waals surface area (Å²) >= 11 is 0. The molecule has 1 aliphatic rings. The lowest BCUT2D eigenvalue weighted by Crippen LogP contribution is -2.45. The van der Waals surface area contributed by atoms with Gasteiger partial charge in [0.2, 0.25) is 0 Å². The first-order chi connectivity index (χ1) is 10.8. The molecule has 1 aliphatic heterocycles. The summed E-state index contributed by atoms with van der Waals surface area (Å²) in [6, 6.07) is -0.215. The van der Waals surface area contributed by atoms with E-state index in [0.29, 0.717) is 12.0 Å². The molecule has 0 bridgehead atoms. The number of hydrogen-bond acceptors (Lipinski definition) is 5. The third-order valence-corrected chi connectivity index (χ3v) is 3.46. The number of fused-ring (bicyclic) bond motifs is 1. The molecule has 0 aliphatic carbocycles. The molecule has 0 aromatic carbocycles. The van der Waals surface area contributed by atoms with Crippen molar-refractivity contribution in [1.29, 1.82) is 0 Å². The summed E-state index contributed by atoms with van der Waals surface area (Å²) in [5.74, 6) is -0.494. The Morgan fingerprint density at radius 1 is 1.48 bits per heavy atom. The van der Waals surface area contributed by atoms with Gasteiger partial charge in [-0.15, -0.1) is 6.58 Å². The van der Waals surface area contributed by atoms with Crippen LogP contribution < -0.4 is 0 Å². The third kappa shape index (κ3) is 3.72. The first-order valence-electron chi connectivity index (χ1n) is 7.62. The fourth-order valence-electron chi connectivity index (χ4n) is 2.45. The minimum absolute atomic E-state index is 0.215. The number of rotatable bonds is 3. The zero-order chi connectivity index (χ0) is 17.2. The van der Waals surface area contributed by atoms with Crippen molar-refractivity contribution < 1.29 is 19.1 Å². The maximum absolute atomic E-state index is 12.4. The molecule has 0 spiro atoms. The predicted octanol–water partition coefficient (Wildman–Crippen LogP) is 2.43. The summed E-state index contributed by atoms with van der Waals surface area (Å²) in [6.45, 7) is 11.4. The number of nitrogens with zero attached hydrogens (tertiary/aromatic N) is 2. The van der Waals surface area contributed by atoms with Crippen LogP contribution in [-0.4, -0.2) is 45.4 Å². The number of carbonyl (C=O) groups is 2. The molecule has 7 nitrogen and oxygen atoms in total. The van der Waals surface area contributed by atoms with Crippen LogP contribution >= 0.6 is 0 Å². The van der Waals surface area contributed by atoms with Gasteiger partial charge in [0.15, 0.2) is 5.69 Å². The topological polar surface area (TPSA) is 84.5 Å². The molecule has 2 heterocycles. The van der Waals surface area contributed by atoms with Gasteiger partial charge >= 0.3 is 12.1 Å². The van der Waals surface area contributed by atoms with E-state index in [0.717, 1.165) is 5.69 Å². The standard InChI is InChI=1S/C16H23N3O4/c1-6-10-8-12-11(13(18-17-12)14(20)22-7-2)9-19(10)15(21)23-16(3,4)5/h6,10H,1,7-9H2,2-5H3,(H,17,18). The Bertz CT molecular complexity index is 615. The van der Waals surface area contributed by atoms with Crippen molar-refractivity contribution in [3.8, 4) is 0 Å². The maximum atomic E-state index is 12.4. The highest BCUT2D eigenvalue weighted by molar-refractivity contribution is 5.89. The molecule has 1 unspecified atom stereocenters. The number of hydrogen-bond donors (Lipinski definition) is 1. The number of nitrogens with one attached hydrogen (secondary N) is 1. The van der Waals surface area contributed by atoms with Crippen LogP contribution in [0.25, 0.3) is 0 Å². The van der Waals surface area contributed by atoms with Gasteiger partial charge < -0.3 is 9.47 Å². The van der Waals surface area contributed by atoms with E-state index in [9.17, 15) is 9.59 Å². The molecule has 0 radical (unpaired) electrons. The SMILES string of the molecule is C=CC1Cc2[nH]nc(C(=O)OCC)c2CN1C(=O)OC(C)(C)C. The highest BCUT2D eigenvalue weighted by Gasteiger charge is 2.35. The number of ether oxygens (including phenoxy) is 2. The van der Waals surface area contributed by atoms with Crippen LogP contribution in [0.15, 0.2) is 12.7 Å². The Hall–Kier alpha value is -2.31. The highest BCUT2D eigenvalue weighted by Crippen LogP contribution is 2.27. The van der Waals surface area contributed by atoms with Gasteiger partial charge in [-0.3, -0.25) is 10.00 Å². The molecule has 23 heavy (non-hydrogen) atoms. The van der Waals surface area contributed by atoms with E-state index in [1.807, 2.05) is 20.8 Å². The Kier molecular flexibility index (Phi) is 4.77. The van der Waals surface area contributed by atoms with E-state index in [1.165, 1.54) is 0 Å². The van der Waals surface area contributed by atoms with Gasteiger partial charge in [-0.2, -0.15) is 5.10 Å². The summed E-state index contributed by atoms with van der Waals surface area (Å²) in [7, 11) is 0. The molecular formula is C16H23N3O4. The Balaban J connectivity index is 2.28. The van der Waals surface area contributed by atoms with Crippen molar-refractivity contribution in [2.45, 2.75) is 52.3 Å². The fourth-order valence-corrected chi connectivity index (χ4v) is 2.45. The molecular weight excluding hydrogens is 298 g/mol. The molecule has 1 N–H and O–H groups in total. The van der Waals surface area contributed by atoms with E-state index in [-0.39, 0.29) is 24.9 Å². The number of aromatic nitrogens is 2. The van der Waals surface area contributed by atoms with Gasteiger partial charge in [-0.05, 0) is 27.7 Å². The number of carbonyl (C=O) groups excluding carboxylic acids is 2. The first kappa shape index (κ1) is 17.1. The number of H-pyrrole nitrogens is 1. The zero-order valence-electron chi connectivity index (χ0n) is 14.0. The Morgan fingerprint density at radius 2 is 2.17 bits per heavy atom. The van der Waals surface area contributed by atoms with Gasteiger partial charge in [0, 0.05) is 17.7 Å². The molecule has 2 rings (SSSR count). The van der Waals surface area contributed by atoms with E-state index >= 15 is 0 Å². The van der Waals surface area contributed by atoms with Crippen LogP contribution in [0, 0.1) is 0 Å². The number of esters is 1. The van der Waals surface area contributed by atoms with Crippen LogP contribution in [0.4, 0.5) is 4.79 Å². The third-order valence-electron chi connectivity index (χ3n) is 3.46. The van der Waals surface area contributed by atoms with Crippen molar-refractivity contribution in [1.82, 2.24) is 15.1 Å². The van der Waals surface area contributed by atoms with Crippen molar-refractivity contribution >= 4 is 12.1 Å². The molecule has 126 valence electrons. The molecule has 7 heteroatoms. The largest absolute Gasteiger partial charge is 0.461 e. The van der Waals surface area contributed by atoms with Gasteiger partial charge in [0.25, 0.3) is 0 Å². The zero-order valence-corrected chi connectivity index (χ0v) is 14.0. The van der Waals surface area contributed by atoms with E-state index in [4.69, 9.17) is 9.47 Å². The smallest absolute Gasteiger partial charge is 0.411 e. The summed E-state index contributed by atoms with van der Waals surface area (Å²) in [4.78, 5) is 26.0. The van der Waals surface area contributed by atoms with E-state index in [1.54, 1.807) is 17.9 Å². The summed E-state index contributed by atoms with van der Waals surface area (Å²) in [5.41, 5.74) is 1.12. The molecule has 1 atom stereocenters. The van der Waals surface area contributed by atoms with Crippen LogP contribution in [-0.2, 0) is 22.4 Å². The van der Waals surface area contributed by atoms with E-state index in [2.05, 4.69) is 16.8 Å². The molecule has 1 amide bonds. The normalized spacial score (nSPS) is 17.4. The lowest BCUT2D eigenvalue weighted by molar-refractivity contribution is 0.0160. The molecule has 0 saturated carbocycles. The molecule has 0 saturated heterocycles. The average molecular weight is 321 g/mol. The molecule has 1 aromatic heterocycles. The number of aromatic amines is 1. The second-order valence-electron chi connectivity index (χ2n) is 6.37. The van der Waals surface area contributed by atoms with Gasteiger partial charge in [0.05, 0.1) is 19.2 Å². The Morgan fingerprint density at radius 3 is 2.74 bits per heavy atom. The average Bonchev–Trinajstić information content (AvgIpc) is 2.87. The summed E-state index contributed by atoms with van der Waals surface area (Å²) in [5, 5.41) is 6.90. The van der Waals surface area contributed by atoms with E-state index < -0.39 is 17.7 Å². The lowest BCUT2D eigenvalue weighted by atomic mass is 9.99. The van der Waals surface area contributed by atoms with Crippen molar-refractivity contribution in [2.75, 3.05) is 6.61 Å². The van der Waals surface area contributed by atoms with Gasteiger partial charge in [-0.1, -0.05) is 6.08 Å². The minimum Gasteiger partial charge on any atom is -0.461 e. The number of amides is 1. The Labute approximate surface area is 135 Å². The van der Waals surface area contributed by atoms with Crippen molar-refractivity contribution in [3.63, 3.8) is 0 Å². The fraction of sp³-hybridized carbons (Fsp3) is 0.562. The highest BCUT2D eigenvalue weighted by atomic mass is 16.6. The van der Waals surface area contributed by atoms with Crippen LogP contribution in [0.5, 0.6) is 0 Å². The van der Waals surface area contributed by atoms with Crippen LogP contribution in [0.2, 0.25) is 0 Å². The van der Waals surface area contributed by atoms with Crippen molar-refractivity contribution in [2.24, 2.45) is 0 Å². The molecule has 1 aromatic rings. The van der Waals surface area contributed by atoms with Gasteiger partial charge in [-0.25, -0.2) is 9.59 Å². The predicted molar refractivity (Wildman–Crippen MR) is 84.0 cm³/mol. The monoisotopic (exact) mass is 321 g/mol. The second kappa shape index (κ2) is 6.44. The second-order valence-corrected chi connectivity index (χ2v) is 6.37. The summed E-state index contributed by atoms with van der Waals surface area (Å²) < 4.78 is 10.4. The van der Waals surface area contributed by atoms with Crippen LogP contribution in [0.1, 0.15) is 49.4 Å². The van der Waals surface area contributed by atoms with Crippen LogP contribution in [0.3, 0.4) is 0 Å². The summed E-state index contributed by atoms with van der Waals surface area (Å²) in [6.07, 6.45) is 1.76. The van der Waals surface area contributed by atoms with Crippen molar-refractivity contribution in [3.05, 3.63) is 29.6 Å². The van der Waals surface area contributed by atoms with Gasteiger partial charge in [0.1, 0.15) is 5.60 Å². The molecule has 0 fully saturated rings. The lowest BCUT2D eigenvalue weighted by Gasteiger charge is -2.35. The minimum atomic E-state index is -0.594.